The van der Waals surface area contributed by atoms with Gasteiger partial charge in [0.05, 0.1) is 6.61 Å². The molecular formula is C20H19F3N2O2. The van der Waals surface area contributed by atoms with E-state index >= 15 is 0 Å². The minimum absolute atomic E-state index is 0.214. The number of rotatable bonds is 6. The molecule has 7 heteroatoms. The van der Waals surface area contributed by atoms with E-state index in [0.717, 1.165) is 17.4 Å². The molecule has 1 aromatic heterocycles. The lowest BCUT2D eigenvalue weighted by Crippen LogP contribution is -2.12. The van der Waals surface area contributed by atoms with Gasteiger partial charge in [-0.15, -0.1) is 0 Å². The van der Waals surface area contributed by atoms with Crippen LogP contribution in [0.5, 0.6) is 5.75 Å². The maximum absolute atomic E-state index is 12.7. The number of alkyl halides is 3. The Balaban J connectivity index is 1.52. The van der Waals surface area contributed by atoms with Crippen molar-refractivity contribution in [3.8, 4) is 5.75 Å². The van der Waals surface area contributed by atoms with Gasteiger partial charge < -0.3 is 15.0 Å². The van der Waals surface area contributed by atoms with Crippen LogP contribution in [-0.2, 0) is 11.0 Å². The van der Waals surface area contributed by atoms with E-state index in [1.807, 2.05) is 31.2 Å². The van der Waals surface area contributed by atoms with Crippen LogP contribution < -0.4 is 10.1 Å². The van der Waals surface area contributed by atoms with Crippen molar-refractivity contribution in [3.63, 3.8) is 0 Å². The van der Waals surface area contributed by atoms with Crippen LogP contribution in [0.15, 0.2) is 48.5 Å². The van der Waals surface area contributed by atoms with Gasteiger partial charge in [-0.2, -0.15) is 13.2 Å². The van der Waals surface area contributed by atoms with Crippen LogP contribution in [0.4, 0.5) is 18.9 Å². The molecule has 2 N–H and O–H groups in total. The molecule has 1 heterocycles. The van der Waals surface area contributed by atoms with E-state index in [4.69, 9.17) is 4.74 Å². The molecule has 0 spiro atoms. The standard InChI is InChI=1S/C20H19F3N2O2/c1-13-5-2-3-6-17(13)27-10-4-7-19(26)24-15-8-9-16-14(11-15)12-18(25-16)20(21,22)23/h2-3,5-6,8-9,11-12,25H,4,7,10H2,1H3,(H,24,26). The number of aryl methyl sites for hydroxylation is 1. The highest BCUT2D eigenvalue weighted by Gasteiger charge is 2.32. The van der Waals surface area contributed by atoms with Crippen molar-refractivity contribution >= 4 is 22.5 Å². The Labute approximate surface area is 154 Å². The number of amides is 1. The van der Waals surface area contributed by atoms with E-state index in [9.17, 15) is 18.0 Å². The molecule has 142 valence electrons. The predicted octanol–water partition coefficient (Wildman–Crippen LogP) is 5.29. The third-order valence-corrected chi connectivity index (χ3v) is 4.11. The number of aromatic nitrogens is 1. The van der Waals surface area contributed by atoms with Crippen molar-refractivity contribution in [1.29, 1.82) is 0 Å². The Morgan fingerprint density at radius 3 is 2.67 bits per heavy atom. The SMILES string of the molecule is Cc1ccccc1OCCCC(=O)Nc1ccc2[nH]c(C(F)(F)F)cc2c1. The van der Waals surface area contributed by atoms with E-state index in [1.165, 1.54) is 12.1 Å². The summed E-state index contributed by atoms with van der Waals surface area (Å²) in [6, 6.07) is 13.3. The smallest absolute Gasteiger partial charge is 0.431 e. The van der Waals surface area contributed by atoms with E-state index in [0.29, 0.717) is 29.6 Å². The third kappa shape index (κ3) is 4.81. The van der Waals surface area contributed by atoms with Crippen molar-refractivity contribution in [1.82, 2.24) is 4.98 Å². The zero-order valence-electron chi connectivity index (χ0n) is 14.7. The van der Waals surface area contributed by atoms with Gasteiger partial charge in [0.25, 0.3) is 0 Å². The molecule has 0 saturated heterocycles. The second kappa shape index (κ2) is 7.73. The molecule has 0 radical (unpaired) electrons. The molecule has 0 saturated carbocycles. The van der Waals surface area contributed by atoms with E-state index in [2.05, 4.69) is 10.3 Å². The summed E-state index contributed by atoms with van der Waals surface area (Å²) in [4.78, 5) is 14.4. The fourth-order valence-electron chi connectivity index (χ4n) is 2.72. The predicted molar refractivity (Wildman–Crippen MR) is 97.8 cm³/mol. The molecule has 3 aromatic rings. The first kappa shape index (κ1) is 18.8. The second-order valence-corrected chi connectivity index (χ2v) is 6.25. The van der Waals surface area contributed by atoms with Gasteiger partial charge in [-0.25, -0.2) is 0 Å². The number of nitrogens with one attached hydrogen (secondary N) is 2. The first-order valence-corrected chi connectivity index (χ1v) is 8.51. The molecule has 0 atom stereocenters. The number of benzene rings is 2. The zero-order chi connectivity index (χ0) is 19.4. The highest BCUT2D eigenvalue weighted by atomic mass is 19.4. The van der Waals surface area contributed by atoms with Crippen LogP contribution >= 0.6 is 0 Å². The van der Waals surface area contributed by atoms with Gasteiger partial charge in [-0.3, -0.25) is 4.79 Å². The Hall–Kier alpha value is -2.96. The molecule has 0 fully saturated rings. The first-order chi connectivity index (χ1) is 12.8. The van der Waals surface area contributed by atoms with Crippen LogP contribution in [-0.4, -0.2) is 17.5 Å². The van der Waals surface area contributed by atoms with Gasteiger partial charge >= 0.3 is 6.18 Å². The highest BCUT2D eigenvalue weighted by Crippen LogP contribution is 2.31. The lowest BCUT2D eigenvalue weighted by Gasteiger charge is -2.09. The molecule has 0 aliphatic heterocycles. The van der Waals surface area contributed by atoms with Gasteiger partial charge in [0.15, 0.2) is 0 Å². The summed E-state index contributed by atoms with van der Waals surface area (Å²) in [6.07, 6.45) is -3.64. The minimum Gasteiger partial charge on any atom is -0.493 e. The Morgan fingerprint density at radius 1 is 1.15 bits per heavy atom. The maximum Gasteiger partial charge on any atom is 0.431 e. The summed E-state index contributed by atoms with van der Waals surface area (Å²) in [6.45, 7) is 2.35. The number of carbonyl (C=O) groups is 1. The number of ether oxygens (including phenoxy) is 1. The number of hydrogen-bond acceptors (Lipinski definition) is 2. The highest BCUT2D eigenvalue weighted by molar-refractivity contribution is 5.94. The van der Waals surface area contributed by atoms with E-state index in [-0.39, 0.29) is 12.3 Å². The van der Waals surface area contributed by atoms with Crippen LogP contribution in [0.3, 0.4) is 0 Å². The molecule has 0 unspecified atom stereocenters. The number of carbonyl (C=O) groups excluding carboxylic acids is 1. The van der Waals surface area contributed by atoms with Crippen LogP contribution in [0.2, 0.25) is 0 Å². The number of halogens is 3. The van der Waals surface area contributed by atoms with Crippen molar-refractivity contribution in [2.24, 2.45) is 0 Å². The number of aromatic amines is 1. The molecule has 3 rings (SSSR count). The molecular weight excluding hydrogens is 357 g/mol. The van der Waals surface area contributed by atoms with Crippen molar-refractivity contribution < 1.29 is 22.7 Å². The lowest BCUT2D eigenvalue weighted by molar-refractivity contribution is -0.140. The molecule has 0 aliphatic carbocycles. The summed E-state index contributed by atoms with van der Waals surface area (Å²) in [5.74, 6) is 0.575. The maximum atomic E-state index is 12.7. The van der Waals surface area contributed by atoms with Crippen molar-refractivity contribution in [2.45, 2.75) is 25.9 Å². The number of anilines is 1. The summed E-state index contributed by atoms with van der Waals surface area (Å²) in [5.41, 5.74) is 1.04. The average Bonchev–Trinajstić information content (AvgIpc) is 3.04. The summed E-state index contributed by atoms with van der Waals surface area (Å²) < 4.78 is 43.9. The fourth-order valence-corrected chi connectivity index (χ4v) is 2.72. The molecule has 4 nitrogen and oxygen atoms in total. The lowest BCUT2D eigenvalue weighted by atomic mass is 10.2. The number of hydrogen-bond donors (Lipinski definition) is 2. The van der Waals surface area contributed by atoms with Crippen molar-refractivity contribution in [3.05, 3.63) is 59.8 Å². The molecule has 27 heavy (non-hydrogen) atoms. The Morgan fingerprint density at radius 2 is 1.93 bits per heavy atom. The normalized spacial score (nSPS) is 11.6. The largest absolute Gasteiger partial charge is 0.493 e. The molecule has 0 bridgehead atoms. The zero-order valence-corrected chi connectivity index (χ0v) is 14.7. The van der Waals surface area contributed by atoms with Gasteiger partial charge in [0.2, 0.25) is 5.91 Å². The number of para-hydroxylation sites is 1. The summed E-state index contributed by atoms with van der Waals surface area (Å²) in [5, 5.41) is 3.09. The molecule has 1 amide bonds. The minimum atomic E-state index is -4.43. The molecule has 0 aliphatic rings. The fraction of sp³-hybridized carbons (Fsp3) is 0.250. The van der Waals surface area contributed by atoms with E-state index < -0.39 is 11.9 Å². The van der Waals surface area contributed by atoms with Gasteiger partial charge in [-0.05, 0) is 49.2 Å². The average molecular weight is 376 g/mol. The first-order valence-electron chi connectivity index (χ1n) is 8.51. The third-order valence-electron chi connectivity index (χ3n) is 4.11. The van der Waals surface area contributed by atoms with Crippen LogP contribution in [0.25, 0.3) is 10.9 Å². The second-order valence-electron chi connectivity index (χ2n) is 6.25. The van der Waals surface area contributed by atoms with Crippen LogP contribution in [0, 0.1) is 6.92 Å². The number of H-pyrrole nitrogens is 1. The summed E-state index contributed by atoms with van der Waals surface area (Å²) >= 11 is 0. The quantitative estimate of drug-likeness (QED) is 0.574. The van der Waals surface area contributed by atoms with Gasteiger partial charge in [-0.1, -0.05) is 18.2 Å². The Bertz CT molecular complexity index is 948. The van der Waals surface area contributed by atoms with Crippen molar-refractivity contribution in [2.75, 3.05) is 11.9 Å². The number of fused-ring (bicyclic) bond motifs is 1. The van der Waals surface area contributed by atoms with Gasteiger partial charge in [0.1, 0.15) is 11.4 Å². The van der Waals surface area contributed by atoms with Crippen LogP contribution in [0.1, 0.15) is 24.1 Å². The topological polar surface area (TPSA) is 54.1 Å². The Kier molecular flexibility index (Phi) is 5.39. The monoisotopic (exact) mass is 376 g/mol. The van der Waals surface area contributed by atoms with Gasteiger partial charge in [0, 0.05) is 23.0 Å². The summed E-state index contributed by atoms with van der Waals surface area (Å²) in [7, 11) is 0. The van der Waals surface area contributed by atoms with E-state index in [1.54, 1.807) is 6.07 Å². The molecule has 2 aromatic carbocycles.